The molecule has 2 aliphatic rings. The Morgan fingerprint density at radius 1 is 1.08 bits per heavy atom. The zero-order valence-electron chi connectivity index (χ0n) is 9.22. The minimum absolute atomic E-state index is 0.843. The third-order valence-electron chi connectivity index (χ3n) is 4.44. The lowest BCUT2D eigenvalue weighted by Gasteiger charge is -2.45. The van der Waals surface area contributed by atoms with Crippen LogP contribution in [0.2, 0.25) is 0 Å². The lowest BCUT2D eigenvalue weighted by atomic mass is 9.68. The third-order valence-corrected chi connectivity index (χ3v) is 4.44. The fourth-order valence-electron chi connectivity index (χ4n) is 3.21. The third kappa shape index (κ3) is 1.76. The highest BCUT2D eigenvalue weighted by atomic mass is 14.9. The summed E-state index contributed by atoms with van der Waals surface area (Å²) in [5, 5.41) is 3.73. The molecule has 1 heterocycles. The van der Waals surface area contributed by atoms with E-state index in [-0.39, 0.29) is 0 Å². The van der Waals surface area contributed by atoms with Crippen molar-refractivity contribution in [2.75, 3.05) is 6.54 Å². The van der Waals surface area contributed by atoms with E-state index in [0.29, 0.717) is 0 Å². The maximum Gasteiger partial charge on any atom is 0.0101 e. The van der Waals surface area contributed by atoms with E-state index in [9.17, 15) is 0 Å². The lowest BCUT2D eigenvalue weighted by molar-refractivity contribution is 0.0873. The van der Waals surface area contributed by atoms with Gasteiger partial charge in [-0.25, -0.2) is 0 Å². The number of hydrogen-bond donors (Lipinski definition) is 1. The van der Waals surface area contributed by atoms with E-state index in [4.69, 9.17) is 0 Å². The van der Waals surface area contributed by atoms with Crippen molar-refractivity contribution in [3.63, 3.8) is 0 Å². The first-order valence-corrected chi connectivity index (χ1v) is 5.92. The van der Waals surface area contributed by atoms with E-state index in [1.54, 1.807) is 0 Å². The highest BCUT2D eigenvalue weighted by molar-refractivity contribution is 4.92. The predicted octanol–water partition coefficient (Wildman–Crippen LogP) is 2.67. The minimum Gasteiger partial charge on any atom is -0.313 e. The SMILES string of the molecule is CC1CCC2C(C1)NCC(C)C2C. The molecule has 0 aromatic heterocycles. The largest absolute Gasteiger partial charge is 0.313 e. The standard InChI is InChI=1S/C12H23N/c1-8-4-5-11-10(3)9(2)7-13-12(11)6-8/h8-13H,4-7H2,1-3H3. The molecule has 0 radical (unpaired) electrons. The Balaban J connectivity index is 2.02. The number of hydrogen-bond acceptors (Lipinski definition) is 1. The molecule has 1 saturated heterocycles. The summed E-state index contributed by atoms with van der Waals surface area (Å²) in [6.45, 7) is 8.50. The van der Waals surface area contributed by atoms with Gasteiger partial charge in [0.05, 0.1) is 0 Å². The fourth-order valence-corrected chi connectivity index (χ4v) is 3.21. The molecule has 13 heavy (non-hydrogen) atoms. The normalized spacial score (nSPS) is 51.5. The molecule has 0 aromatic rings. The fraction of sp³-hybridized carbons (Fsp3) is 1.00. The van der Waals surface area contributed by atoms with Crippen molar-refractivity contribution < 1.29 is 0 Å². The zero-order chi connectivity index (χ0) is 9.42. The first-order valence-electron chi connectivity index (χ1n) is 5.92. The van der Waals surface area contributed by atoms with E-state index in [1.165, 1.54) is 25.8 Å². The topological polar surface area (TPSA) is 12.0 Å². The number of fused-ring (bicyclic) bond motifs is 1. The quantitative estimate of drug-likeness (QED) is 0.606. The average molecular weight is 181 g/mol. The van der Waals surface area contributed by atoms with Gasteiger partial charge in [0.1, 0.15) is 0 Å². The molecule has 76 valence electrons. The Labute approximate surface area is 82.3 Å². The van der Waals surface area contributed by atoms with Crippen LogP contribution >= 0.6 is 0 Å². The van der Waals surface area contributed by atoms with Gasteiger partial charge >= 0.3 is 0 Å². The van der Waals surface area contributed by atoms with Gasteiger partial charge in [-0.1, -0.05) is 27.2 Å². The molecule has 0 bridgehead atoms. The van der Waals surface area contributed by atoms with Crippen molar-refractivity contribution in [2.45, 2.75) is 46.1 Å². The molecule has 1 saturated carbocycles. The first-order chi connectivity index (χ1) is 6.18. The van der Waals surface area contributed by atoms with Crippen LogP contribution in [0.4, 0.5) is 0 Å². The van der Waals surface area contributed by atoms with Crippen LogP contribution in [0, 0.1) is 23.7 Å². The second kappa shape index (κ2) is 3.61. The van der Waals surface area contributed by atoms with Gasteiger partial charge in [0.15, 0.2) is 0 Å². The molecule has 1 nitrogen and oxygen atoms in total. The molecule has 1 aliphatic heterocycles. The Kier molecular flexibility index (Phi) is 2.64. The van der Waals surface area contributed by atoms with E-state index >= 15 is 0 Å². The van der Waals surface area contributed by atoms with Crippen molar-refractivity contribution in [3.05, 3.63) is 0 Å². The van der Waals surface area contributed by atoms with E-state index in [1.807, 2.05) is 0 Å². The average Bonchev–Trinajstić information content (AvgIpc) is 2.12. The Bertz CT molecular complexity index is 178. The van der Waals surface area contributed by atoms with Crippen molar-refractivity contribution in [3.8, 4) is 0 Å². The summed E-state index contributed by atoms with van der Waals surface area (Å²) in [6.07, 6.45) is 4.34. The summed E-state index contributed by atoms with van der Waals surface area (Å²) in [6, 6.07) is 0.843. The van der Waals surface area contributed by atoms with Crippen molar-refractivity contribution in [1.29, 1.82) is 0 Å². The molecule has 5 atom stereocenters. The second-order valence-corrected chi connectivity index (χ2v) is 5.43. The number of nitrogens with one attached hydrogen (secondary N) is 1. The van der Waals surface area contributed by atoms with Gasteiger partial charge in [-0.05, 0) is 43.1 Å². The highest BCUT2D eigenvalue weighted by Gasteiger charge is 2.37. The summed E-state index contributed by atoms with van der Waals surface area (Å²) < 4.78 is 0. The van der Waals surface area contributed by atoms with Crippen LogP contribution in [0.25, 0.3) is 0 Å². The summed E-state index contributed by atoms with van der Waals surface area (Å²) in [7, 11) is 0. The van der Waals surface area contributed by atoms with E-state index in [0.717, 1.165) is 29.7 Å². The highest BCUT2D eigenvalue weighted by Crippen LogP contribution is 2.38. The molecule has 2 rings (SSSR count). The molecule has 1 N–H and O–H groups in total. The van der Waals surface area contributed by atoms with Gasteiger partial charge in [-0.15, -0.1) is 0 Å². The Hall–Kier alpha value is -0.0400. The van der Waals surface area contributed by atoms with E-state index < -0.39 is 0 Å². The van der Waals surface area contributed by atoms with Crippen LogP contribution in [-0.2, 0) is 0 Å². The van der Waals surface area contributed by atoms with Gasteiger partial charge in [0.25, 0.3) is 0 Å². The molecule has 0 spiro atoms. The number of rotatable bonds is 0. The van der Waals surface area contributed by atoms with Gasteiger partial charge < -0.3 is 5.32 Å². The molecule has 5 unspecified atom stereocenters. The summed E-state index contributed by atoms with van der Waals surface area (Å²) in [5.74, 6) is 3.75. The van der Waals surface area contributed by atoms with Gasteiger partial charge in [-0.2, -0.15) is 0 Å². The molecule has 0 amide bonds. The zero-order valence-corrected chi connectivity index (χ0v) is 9.22. The molecule has 0 aromatic carbocycles. The Morgan fingerprint density at radius 2 is 1.85 bits per heavy atom. The molecule has 1 aliphatic carbocycles. The van der Waals surface area contributed by atoms with Crippen molar-refractivity contribution >= 4 is 0 Å². The molecule has 1 heteroatoms. The molecule has 2 fully saturated rings. The van der Waals surface area contributed by atoms with Crippen molar-refractivity contribution in [2.24, 2.45) is 23.7 Å². The summed E-state index contributed by atoms with van der Waals surface area (Å²) in [4.78, 5) is 0. The first kappa shape index (κ1) is 9.51. The predicted molar refractivity (Wildman–Crippen MR) is 56.6 cm³/mol. The molecular weight excluding hydrogens is 158 g/mol. The maximum absolute atomic E-state index is 3.73. The summed E-state index contributed by atoms with van der Waals surface area (Å²) >= 11 is 0. The van der Waals surface area contributed by atoms with Crippen LogP contribution in [0.15, 0.2) is 0 Å². The van der Waals surface area contributed by atoms with Gasteiger partial charge in [-0.3, -0.25) is 0 Å². The lowest BCUT2D eigenvalue weighted by Crippen LogP contribution is -2.51. The van der Waals surface area contributed by atoms with Crippen LogP contribution in [-0.4, -0.2) is 12.6 Å². The van der Waals surface area contributed by atoms with Crippen molar-refractivity contribution in [1.82, 2.24) is 5.32 Å². The van der Waals surface area contributed by atoms with Crippen LogP contribution in [0.5, 0.6) is 0 Å². The van der Waals surface area contributed by atoms with Crippen LogP contribution < -0.4 is 5.32 Å². The van der Waals surface area contributed by atoms with Crippen LogP contribution in [0.1, 0.15) is 40.0 Å². The summed E-state index contributed by atoms with van der Waals surface area (Å²) in [5.41, 5.74) is 0. The Morgan fingerprint density at radius 3 is 2.62 bits per heavy atom. The second-order valence-electron chi connectivity index (χ2n) is 5.43. The van der Waals surface area contributed by atoms with E-state index in [2.05, 4.69) is 26.1 Å². The molecular formula is C12H23N. The smallest absolute Gasteiger partial charge is 0.0101 e. The minimum atomic E-state index is 0.843. The van der Waals surface area contributed by atoms with Crippen LogP contribution in [0.3, 0.4) is 0 Å². The monoisotopic (exact) mass is 181 g/mol. The van der Waals surface area contributed by atoms with Gasteiger partial charge in [0, 0.05) is 6.04 Å². The number of piperidine rings is 1. The maximum atomic E-state index is 3.73. The van der Waals surface area contributed by atoms with Gasteiger partial charge in [0.2, 0.25) is 0 Å².